The standard InChI is InChI=1S/C9H18N2O/c10-9(11-12)8-6-4-2-1-3-5-7-8/h8,12H,1-7H2,(H2,10,11). The lowest BCUT2D eigenvalue weighted by molar-refractivity contribution is 0.310. The van der Waals surface area contributed by atoms with Gasteiger partial charge in [-0.25, -0.2) is 0 Å². The molecule has 0 aromatic carbocycles. The molecule has 0 saturated heterocycles. The highest BCUT2D eigenvalue weighted by molar-refractivity contribution is 5.82. The van der Waals surface area contributed by atoms with Crippen LogP contribution in [0, 0.1) is 5.92 Å². The summed E-state index contributed by atoms with van der Waals surface area (Å²) in [6.07, 6.45) is 8.58. The summed E-state index contributed by atoms with van der Waals surface area (Å²) < 4.78 is 0. The quantitative estimate of drug-likeness (QED) is 0.274. The Balaban J connectivity index is 2.39. The minimum atomic E-state index is 0.329. The van der Waals surface area contributed by atoms with Gasteiger partial charge < -0.3 is 10.9 Å². The van der Waals surface area contributed by atoms with Crippen LogP contribution in [0.5, 0.6) is 0 Å². The number of nitrogens with zero attached hydrogens (tertiary/aromatic N) is 1. The number of amidine groups is 1. The molecule has 0 aromatic rings. The Morgan fingerprint density at radius 3 is 2.08 bits per heavy atom. The average Bonchev–Trinajstić information content (AvgIpc) is 2.02. The van der Waals surface area contributed by atoms with Crippen LogP contribution in [0.15, 0.2) is 5.16 Å². The second-order valence-corrected chi connectivity index (χ2v) is 3.57. The minimum absolute atomic E-state index is 0.329. The van der Waals surface area contributed by atoms with Crippen LogP contribution in [0.1, 0.15) is 44.9 Å². The van der Waals surface area contributed by atoms with E-state index in [2.05, 4.69) is 5.16 Å². The normalized spacial score (nSPS) is 23.2. The van der Waals surface area contributed by atoms with Gasteiger partial charge in [0.2, 0.25) is 0 Å². The molecule has 1 aliphatic rings. The van der Waals surface area contributed by atoms with Crippen LogP contribution >= 0.6 is 0 Å². The summed E-state index contributed by atoms with van der Waals surface area (Å²) in [5.41, 5.74) is 5.57. The predicted octanol–water partition coefficient (Wildman–Crippen LogP) is 2.09. The smallest absolute Gasteiger partial charge is 0.142 e. The first kappa shape index (κ1) is 9.36. The number of nitrogens with two attached hydrogens (primary N) is 1. The predicted molar refractivity (Wildman–Crippen MR) is 49.2 cm³/mol. The van der Waals surface area contributed by atoms with Crippen molar-refractivity contribution in [2.24, 2.45) is 16.8 Å². The first-order chi connectivity index (χ1) is 5.84. The molecule has 3 nitrogen and oxygen atoms in total. The maximum atomic E-state index is 8.51. The second kappa shape index (κ2) is 5.01. The number of rotatable bonds is 1. The van der Waals surface area contributed by atoms with Crippen molar-refractivity contribution in [3.8, 4) is 0 Å². The molecular formula is C9H18N2O. The number of hydrogen-bond donors (Lipinski definition) is 2. The Kier molecular flexibility index (Phi) is 3.91. The van der Waals surface area contributed by atoms with Crippen molar-refractivity contribution in [2.45, 2.75) is 44.9 Å². The fourth-order valence-corrected chi connectivity index (χ4v) is 1.83. The third kappa shape index (κ3) is 2.72. The first-order valence-corrected chi connectivity index (χ1v) is 4.82. The Morgan fingerprint density at radius 1 is 1.08 bits per heavy atom. The molecule has 0 aromatic heterocycles. The van der Waals surface area contributed by atoms with Crippen molar-refractivity contribution in [3.05, 3.63) is 0 Å². The molecule has 0 aliphatic heterocycles. The van der Waals surface area contributed by atoms with Crippen LogP contribution in [0.25, 0.3) is 0 Å². The van der Waals surface area contributed by atoms with Crippen LogP contribution in [0.2, 0.25) is 0 Å². The Bertz CT molecular complexity index is 149. The molecule has 0 amide bonds. The Labute approximate surface area is 73.6 Å². The lowest BCUT2D eigenvalue weighted by Gasteiger charge is -2.17. The van der Waals surface area contributed by atoms with Gasteiger partial charge in [-0.15, -0.1) is 0 Å². The molecular weight excluding hydrogens is 152 g/mol. The van der Waals surface area contributed by atoms with Crippen LogP contribution in [0.3, 0.4) is 0 Å². The summed E-state index contributed by atoms with van der Waals surface area (Å²) in [5, 5.41) is 11.6. The van der Waals surface area contributed by atoms with Crippen LogP contribution < -0.4 is 5.73 Å². The third-order valence-electron chi connectivity index (χ3n) is 2.64. The number of hydrogen-bond acceptors (Lipinski definition) is 2. The van der Waals surface area contributed by atoms with Crippen molar-refractivity contribution in [1.29, 1.82) is 0 Å². The highest BCUT2D eigenvalue weighted by Gasteiger charge is 2.14. The van der Waals surface area contributed by atoms with Gasteiger partial charge in [0.1, 0.15) is 5.84 Å². The summed E-state index contributed by atoms with van der Waals surface area (Å²) in [6.45, 7) is 0. The molecule has 3 heteroatoms. The van der Waals surface area contributed by atoms with Gasteiger partial charge in [-0.05, 0) is 12.8 Å². The molecule has 0 radical (unpaired) electrons. The molecule has 0 atom stereocenters. The average molecular weight is 170 g/mol. The van der Waals surface area contributed by atoms with E-state index in [1.807, 2.05) is 0 Å². The van der Waals surface area contributed by atoms with Crippen molar-refractivity contribution < 1.29 is 5.21 Å². The van der Waals surface area contributed by atoms with Gasteiger partial charge in [0.05, 0.1) is 0 Å². The molecule has 0 unspecified atom stereocenters. The first-order valence-electron chi connectivity index (χ1n) is 4.82. The molecule has 1 rings (SSSR count). The summed E-state index contributed by atoms with van der Waals surface area (Å²) in [4.78, 5) is 0. The molecule has 0 heterocycles. The third-order valence-corrected chi connectivity index (χ3v) is 2.64. The summed E-state index contributed by atoms with van der Waals surface area (Å²) >= 11 is 0. The lowest BCUT2D eigenvalue weighted by Crippen LogP contribution is -2.24. The largest absolute Gasteiger partial charge is 0.409 e. The molecule has 1 aliphatic carbocycles. The van der Waals surface area contributed by atoms with Crippen molar-refractivity contribution in [3.63, 3.8) is 0 Å². The van der Waals surface area contributed by atoms with Gasteiger partial charge in [-0.2, -0.15) is 0 Å². The fourth-order valence-electron chi connectivity index (χ4n) is 1.83. The molecule has 1 saturated carbocycles. The summed E-state index contributed by atoms with van der Waals surface area (Å²) in [6, 6.07) is 0. The van der Waals surface area contributed by atoms with E-state index in [1.54, 1.807) is 0 Å². The highest BCUT2D eigenvalue weighted by atomic mass is 16.4. The Morgan fingerprint density at radius 2 is 1.58 bits per heavy atom. The van der Waals surface area contributed by atoms with Gasteiger partial charge in [0.25, 0.3) is 0 Å². The zero-order chi connectivity index (χ0) is 8.81. The van der Waals surface area contributed by atoms with Crippen molar-refractivity contribution >= 4 is 5.84 Å². The van der Waals surface area contributed by atoms with Crippen LogP contribution in [0.4, 0.5) is 0 Å². The maximum Gasteiger partial charge on any atom is 0.142 e. The fraction of sp³-hybridized carbons (Fsp3) is 0.889. The molecule has 3 N–H and O–H groups in total. The molecule has 12 heavy (non-hydrogen) atoms. The zero-order valence-corrected chi connectivity index (χ0v) is 7.50. The van der Waals surface area contributed by atoms with E-state index >= 15 is 0 Å². The second-order valence-electron chi connectivity index (χ2n) is 3.57. The van der Waals surface area contributed by atoms with Gasteiger partial charge >= 0.3 is 0 Å². The van der Waals surface area contributed by atoms with E-state index in [0.29, 0.717) is 11.8 Å². The van der Waals surface area contributed by atoms with E-state index in [0.717, 1.165) is 12.8 Å². The highest BCUT2D eigenvalue weighted by Crippen LogP contribution is 2.22. The van der Waals surface area contributed by atoms with Crippen molar-refractivity contribution in [1.82, 2.24) is 0 Å². The van der Waals surface area contributed by atoms with Gasteiger partial charge in [-0.1, -0.05) is 37.3 Å². The molecule has 70 valence electrons. The molecule has 1 fully saturated rings. The number of oxime groups is 1. The van der Waals surface area contributed by atoms with Gasteiger partial charge in [0, 0.05) is 5.92 Å². The molecule has 0 spiro atoms. The zero-order valence-electron chi connectivity index (χ0n) is 7.50. The van der Waals surface area contributed by atoms with Crippen LogP contribution in [-0.4, -0.2) is 11.0 Å². The summed E-state index contributed by atoms with van der Waals surface area (Å²) in [7, 11) is 0. The lowest BCUT2D eigenvalue weighted by atomic mass is 9.90. The molecule has 0 bridgehead atoms. The van der Waals surface area contributed by atoms with Crippen molar-refractivity contribution in [2.75, 3.05) is 0 Å². The SMILES string of the molecule is N/C(=N\O)C1CCCCCCC1. The Hall–Kier alpha value is -0.730. The van der Waals surface area contributed by atoms with E-state index in [4.69, 9.17) is 10.9 Å². The van der Waals surface area contributed by atoms with Gasteiger partial charge in [-0.3, -0.25) is 0 Å². The monoisotopic (exact) mass is 170 g/mol. The minimum Gasteiger partial charge on any atom is -0.409 e. The van der Waals surface area contributed by atoms with E-state index in [1.165, 1.54) is 32.1 Å². The van der Waals surface area contributed by atoms with Gasteiger partial charge in [0.15, 0.2) is 0 Å². The van der Waals surface area contributed by atoms with E-state index < -0.39 is 0 Å². The summed E-state index contributed by atoms with van der Waals surface area (Å²) in [5.74, 6) is 0.757. The maximum absolute atomic E-state index is 8.51. The van der Waals surface area contributed by atoms with Crippen LogP contribution in [-0.2, 0) is 0 Å². The van der Waals surface area contributed by atoms with E-state index in [-0.39, 0.29) is 0 Å². The topological polar surface area (TPSA) is 58.6 Å². The van der Waals surface area contributed by atoms with E-state index in [9.17, 15) is 0 Å².